The number of rotatable bonds is 6. The molecule has 0 spiro atoms. The number of nitrogens with zero attached hydrogens (tertiary/aromatic N) is 2. The fraction of sp³-hybridized carbons (Fsp3) is 0.200. The average molecular weight is 451 g/mol. The van der Waals surface area contributed by atoms with Gasteiger partial charge in [0.1, 0.15) is 18.2 Å². The first-order valence-electron chi connectivity index (χ1n) is 10.2. The number of hydrogen-bond donors (Lipinski definition) is 0. The Bertz CT molecular complexity index is 1230. The molecule has 2 aromatic carbocycles. The normalized spacial score (nSPS) is 15.1. The minimum absolute atomic E-state index is 0.171. The Hall–Kier alpha value is -3.32. The number of aromatic nitrogens is 1. The molecule has 3 aromatic rings. The molecule has 0 bridgehead atoms. The second-order valence-corrected chi connectivity index (χ2v) is 8.60. The van der Waals surface area contributed by atoms with Crippen molar-refractivity contribution in [1.82, 2.24) is 9.47 Å². The molecule has 7 heteroatoms. The highest BCUT2D eigenvalue weighted by Gasteiger charge is 2.35. The maximum atomic E-state index is 14.3. The number of halogens is 1. The van der Waals surface area contributed by atoms with Crippen molar-refractivity contribution in [2.45, 2.75) is 20.8 Å². The molecule has 164 valence electrons. The van der Waals surface area contributed by atoms with Gasteiger partial charge in [0, 0.05) is 11.4 Å². The molecule has 1 aromatic heterocycles. The average Bonchev–Trinajstić information content (AvgIpc) is 3.18. The number of thioether (sulfide) groups is 1. The monoisotopic (exact) mass is 450 g/mol. The molecule has 0 saturated carbocycles. The van der Waals surface area contributed by atoms with Crippen LogP contribution in [0.4, 0.5) is 9.18 Å². The smallest absolute Gasteiger partial charge is 0.293 e. The number of imide groups is 1. The molecule has 1 aliphatic heterocycles. The van der Waals surface area contributed by atoms with Crippen LogP contribution in [0, 0.1) is 26.6 Å². The zero-order valence-electron chi connectivity index (χ0n) is 18.1. The maximum absolute atomic E-state index is 14.3. The molecule has 1 saturated heterocycles. The van der Waals surface area contributed by atoms with Crippen molar-refractivity contribution in [3.63, 3.8) is 0 Å². The molecule has 0 aliphatic carbocycles. The molecule has 0 N–H and O–H groups in total. The Morgan fingerprint density at radius 3 is 2.56 bits per heavy atom. The lowest BCUT2D eigenvalue weighted by Gasteiger charge is -2.13. The summed E-state index contributed by atoms with van der Waals surface area (Å²) in [6.45, 7) is 6.11. The molecule has 32 heavy (non-hydrogen) atoms. The zero-order valence-corrected chi connectivity index (χ0v) is 18.9. The minimum atomic E-state index is -0.344. The Morgan fingerprint density at radius 1 is 1.03 bits per heavy atom. The molecule has 2 amide bonds. The molecule has 0 radical (unpaired) electrons. The van der Waals surface area contributed by atoms with Gasteiger partial charge in [-0.2, -0.15) is 0 Å². The number of carbonyl (C=O) groups excluding carboxylic acids is 2. The molecular formula is C25H23FN2O3S. The van der Waals surface area contributed by atoms with Gasteiger partial charge in [-0.15, -0.1) is 0 Å². The standard InChI is InChI=1S/C25H23FN2O3S/c1-16-7-6-8-20(13-16)31-12-11-27-24(29)23(32-25(27)30)15-19-14-17(2)28(18(19)3)22-10-5-4-9-21(22)26/h4-10,13-15H,11-12H2,1-3H3/b23-15-. The molecular weight excluding hydrogens is 427 g/mol. The van der Waals surface area contributed by atoms with Crippen LogP contribution >= 0.6 is 11.8 Å². The number of aryl methyl sites for hydroxylation is 2. The van der Waals surface area contributed by atoms with E-state index < -0.39 is 0 Å². The van der Waals surface area contributed by atoms with Crippen LogP contribution in [-0.4, -0.2) is 33.8 Å². The lowest BCUT2D eigenvalue weighted by Crippen LogP contribution is -2.32. The van der Waals surface area contributed by atoms with Gasteiger partial charge in [-0.1, -0.05) is 24.3 Å². The Kier molecular flexibility index (Phi) is 6.19. The van der Waals surface area contributed by atoms with Gasteiger partial charge >= 0.3 is 0 Å². The molecule has 1 fully saturated rings. The van der Waals surface area contributed by atoms with E-state index in [1.165, 1.54) is 11.0 Å². The van der Waals surface area contributed by atoms with Crippen molar-refractivity contribution in [1.29, 1.82) is 0 Å². The number of benzene rings is 2. The summed E-state index contributed by atoms with van der Waals surface area (Å²) in [5, 5.41) is -0.322. The van der Waals surface area contributed by atoms with Gasteiger partial charge in [-0.3, -0.25) is 14.5 Å². The third-order valence-corrected chi connectivity index (χ3v) is 6.20. The third-order valence-electron chi connectivity index (χ3n) is 5.30. The van der Waals surface area contributed by atoms with Crippen molar-refractivity contribution in [3.8, 4) is 11.4 Å². The summed E-state index contributed by atoms with van der Waals surface area (Å²) in [5.74, 6) is 0.0337. The van der Waals surface area contributed by atoms with Gasteiger partial charge in [-0.05, 0) is 80.1 Å². The second kappa shape index (κ2) is 9.04. The van der Waals surface area contributed by atoms with E-state index in [4.69, 9.17) is 4.74 Å². The van der Waals surface area contributed by atoms with Gasteiger partial charge < -0.3 is 9.30 Å². The summed E-state index contributed by atoms with van der Waals surface area (Å²) in [5.41, 5.74) is 3.92. The number of ether oxygens (including phenoxy) is 1. The number of carbonyl (C=O) groups is 2. The van der Waals surface area contributed by atoms with Crippen LogP contribution in [0.15, 0.2) is 59.5 Å². The van der Waals surface area contributed by atoms with Gasteiger partial charge in [0.15, 0.2) is 0 Å². The lowest BCUT2D eigenvalue weighted by molar-refractivity contribution is -0.123. The summed E-state index contributed by atoms with van der Waals surface area (Å²) < 4.78 is 21.8. The van der Waals surface area contributed by atoms with Crippen LogP contribution in [0.3, 0.4) is 0 Å². The van der Waals surface area contributed by atoms with Gasteiger partial charge in [0.05, 0.1) is 17.1 Å². The molecule has 0 unspecified atom stereocenters. The Labute approximate surface area is 190 Å². The topological polar surface area (TPSA) is 51.5 Å². The van der Waals surface area contributed by atoms with Crippen molar-refractivity contribution in [3.05, 3.63) is 87.8 Å². The molecule has 1 aliphatic rings. The maximum Gasteiger partial charge on any atom is 0.293 e. The van der Waals surface area contributed by atoms with Crippen LogP contribution in [0.5, 0.6) is 5.75 Å². The summed E-state index contributed by atoms with van der Waals surface area (Å²) in [6.07, 6.45) is 1.70. The van der Waals surface area contributed by atoms with E-state index in [0.717, 1.165) is 34.3 Å². The van der Waals surface area contributed by atoms with Crippen molar-refractivity contribution in [2.75, 3.05) is 13.2 Å². The number of hydrogen-bond acceptors (Lipinski definition) is 4. The van der Waals surface area contributed by atoms with Crippen LogP contribution in [0.1, 0.15) is 22.5 Å². The summed E-state index contributed by atoms with van der Waals surface area (Å²) in [4.78, 5) is 26.8. The molecule has 4 rings (SSSR count). The predicted octanol–water partition coefficient (Wildman–Crippen LogP) is 5.66. The number of para-hydroxylation sites is 1. The van der Waals surface area contributed by atoms with E-state index in [1.807, 2.05) is 51.1 Å². The van der Waals surface area contributed by atoms with Crippen molar-refractivity contribution >= 4 is 29.0 Å². The van der Waals surface area contributed by atoms with Gasteiger partial charge in [0.25, 0.3) is 11.1 Å². The van der Waals surface area contributed by atoms with E-state index in [1.54, 1.807) is 28.8 Å². The second-order valence-electron chi connectivity index (χ2n) is 7.61. The zero-order chi connectivity index (χ0) is 22.8. The first-order chi connectivity index (χ1) is 15.3. The SMILES string of the molecule is Cc1cccc(OCCN2C(=O)S/C(=C\c3cc(C)n(-c4ccccc4F)c3C)C2=O)c1. The van der Waals surface area contributed by atoms with Gasteiger partial charge in [-0.25, -0.2) is 4.39 Å². The summed E-state index contributed by atoms with van der Waals surface area (Å²) in [6, 6.07) is 16.0. The predicted molar refractivity (Wildman–Crippen MR) is 125 cm³/mol. The highest BCUT2D eigenvalue weighted by atomic mass is 32.2. The number of amides is 2. The molecule has 5 nitrogen and oxygen atoms in total. The van der Waals surface area contributed by atoms with E-state index in [9.17, 15) is 14.0 Å². The van der Waals surface area contributed by atoms with E-state index in [-0.39, 0.29) is 30.1 Å². The Balaban J connectivity index is 1.51. The van der Waals surface area contributed by atoms with Crippen LogP contribution < -0.4 is 4.74 Å². The lowest BCUT2D eigenvalue weighted by atomic mass is 10.2. The highest BCUT2D eigenvalue weighted by molar-refractivity contribution is 8.18. The quantitative estimate of drug-likeness (QED) is 0.455. The fourth-order valence-electron chi connectivity index (χ4n) is 3.73. The first-order valence-corrected chi connectivity index (χ1v) is 11.1. The third kappa shape index (κ3) is 4.34. The highest BCUT2D eigenvalue weighted by Crippen LogP contribution is 2.34. The molecule has 2 heterocycles. The summed E-state index contributed by atoms with van der Waals surface area (Å²) >= 11 is 0.908. The van der Waals surface area contributed by atoms with Crippen molar-refractivity contribution < 1.29 is 18.7 Å². The van der Waals surface area contributed by atoms with Crippen molar-refractivity contribution in [2.24, 2.45) is 0 Å². The molecule has 0 atom stereocenters. The first kappa shape index (κ1) is 21.9. The minimum Gasteiger partial charge on any atom is -0.492 e. The van der Waals surface area contributed by atoms with E-state index in [0.29, 0.717) is 16.3 Å². The fourth-order valence-corrected chi connectivity index (χ4v) is 4.59. The summed E-state index contributed by atoms with van der Waals surface area (Å²) in [7, 11) is 0. The van der Waals surface area contributed by atoms with E-state index in [2.05, 4.69) is 0 Å². The van der Waals surface area contributed by atoms with Crippen LogP contribution in [0.25, 0.3) is 11.8 Å². The van der Waals surface area contributed by atoms with Crippen LogP contribution in [0.2, 0.25) is 0 Å². The van der Waals surface area contributed by atoms with Gasteiger partial charge in [0.2, 0.25) is 0 Å². The Morgan fingerprint density at radius 2 is 1.81 bits per heavy atom. The van der Waals surface area contributed by atoms with E-state index >= 15 is 0 Å². The largest absolute Gasteiger partial charge is 0.492 e. The van der Waals surface area contributed by atoms with Crippen LogP contribution in [-0.2, 0) is 4.79 Å².